The van der Waals surface area contributed by atoms with E-state index in [4.69, 9.17) is 9.47 Å². The van der Waals surface area contributed by atoms with E-state index >= 15 is 0 Å². The van der Waals surface area contributed by atoms with E-state index in [1.165, 1.54) is 46.5 Å². The van der Waals surface area contributed by atoms with Gasteiger partial charge in [0.15, 0.2) is 6.10 Å². The van der Waals surface area contributed by atoms with Gasteiger partial charge in [0.05, 0.1) is 12.4 Å². The highest BCUT2D eigenvalue weighted by atomic mass is 19.1. The molecule has 3 heterocycles. The van der Waals surface area contributed by atoms with E-state index in [1.54, 1.807) is 37.2 Å². The van der Waals surface area contributed by atoms with E-state index < -0.39 is 6.10 Å². The fourth-order valence-electron chi connectivity index (χ4n) is 4.38. The van der Waals surface area contributed by atoms with E-state index in [2.05, 4.69) is 4.98 Å². The number of hydrogen-bond acceptors (Lipinski definition) is 6. The van der Waals surface area contributed by atoms with Crippen LogP contribution in [0.15, 0.2) is 60.9 Å². The minimum Gasteiger partial charge on any atom is -0.479 e. The van der Waals surface area contributed by atoms with Gasteiger partial charge < -0.3 is 24.2 Å². The zero-order chi connectivity index (χ0) is 26.1. The number of fused-ring (bicyclic) bond motifs is 1. The predicted octanol–water partition coefficient (Wildman–Crippen LogP) is 3.24. The normalized spacial score (nSPS) is 16.7. The molecule has 0 aliphatic carbocycles. The molecule has 1 fully saturated rings. The van der Waals surface area contributed by atoms with Crippen LogP contribution in [0.25, 0.3) is 0 Å². The summed E-state index contributed by atoms with van der Waals surface area (Å²) in [6.45, 7) is 0.652. The Morgan fingerprint density at radius 2 is 1.84 bits per heavy atom. The van der Waals surface area contributed by atoms with E-state index in [1.807, 2.05) is 6.07 Å². The van der Waals surface area contributed by atoms with Crippen molar-refractivity contribution < 1.29 is 28.2 Å². The number of amides is 3. The Morgan fingerprint density at radius 3 is 2.59 bits per heavy atom. The number of halogens is 1. The summed E-state index contributed by atoms with van der Waals surface area (Å²) in [7, 11) is 3.29. The number of carbonyl (C=O) groups excluding carboxylic acids is 3. The second-order valence-electron chi connectivity index (χ2n) is 9.05. The molecule has 1 saturated heterocycles. The third kappa shape index (κ3) is 4.95. The lowest BCUT2D eigenvalue weighted by atomic mass is 10.1. The maximum atomic E-state index is 13.3. The number of ether oxygens (including phenoxy) is 2. The van der Waals surface area contributed by atoms with Gasteiger partial charge in [-0.25, -0.2) is 4.39 Å². The predicted molar refractivity (Wildman–Crippen MR) is 132 cm³/mol. The molecule has 0 radical (unpaired) electrons. The molecule has 10 heteroatoms. The molecule has 1 aromatic heterocycles. The van der Waals surface area contributed by atoms with Crippen LogP contribution in [0.4, 0.5) is 10.1 Å². The summed E-state index contributed by atoms with van der Waals surface area (Å²) in [6, 6.07) is 12.5. The van der Waals surface area contributed by atoms with Crippen molar-refractivity contribution in [3.63, 3.8) is 0 Å². The lowest BCUT2D eigenvalue weighted by Gasteiger charge is -2.21. The van der Waals surface area contributed by atoms with Crippen LogP contribution < -0.4 is 14.4 Å². The number of nitrogens with zero attached hydrogens (tertiary/aromatic N) is 4. The van der Waals surface area contributed by atoms with Gasteiger partial charge in [0, 0.05) is 56.5 Å². The first-order chi connectivity index (χ1) is 17.8. The molecule has 5 rings (SSSR count). The molecule has 190 valence electrons. The third-order valence-electron chi connectivity index (χ3n) is 6.31. The minimum atomic E-state index is -0.734. The Morgan fingerprint density at radius 1 is 1.08 bits per heavy atom. The smallest absolute Gasteiger partial charge is 0.268 e. The summed E-state index contributed by atoms with van der Waals surface area (Å²) in [5.41, 5.74) is 1.87. The van der Waals surface area contributed by atoms with Crippen molar-refractivity contribution in [2.45, 2.75) is 19.1 Å². The van der Waals surface area contributed by atoms with Crippen LogP contribution in [0, 0.1) is 5.82 Å². The molecule has 0 N–H and O–H groups in total. The SMILES string of the molecule is CN(C)C(=O)CN1Cc2c(cccc2N2CC[C@@H](Oc3cncc(Oc4ccc(F)cc4)c3)C2=O)C1=O. The fraction of sp³-hybridized carbons (Fsp3) is 0.259. The fourth-order valence-corrected chi connectivity index (χ4v) is 4.38. The Hall–Kier alpha value is -4.47. The number of hydrogen-bond donors (Lipinski definition) is 0. The van der Waals surface area contributed by atoms with Crippen LogP contribution in [0.1, 0.15) is 22.3 Å². The summed E-state index contributed by atoms with van der Waals surface area (Å²) in [5, 5.41) is 0. The lowest BCUT2D eigenvalue weighted by Crippen LogP contribution is -2.36. The van der Waals surface area contributed by atoms with Crippen molar-refractivity contribution in [2.24, 2.45) is 0 Å². The highest BCUT2D eigenvalue weighted by Crippen LogP contribution is 2.35. The number of rotatable bonds is 7. The van der Waals surface area contributed by atoms with Gasteiger partial charge in [-0.1, -0.05) is 6.07 Å². The van der Waals surface area contributed by atoms with Crippen LogP contribution in [-0.2, 0) is 16.1 Å². The Labute approximate surface area is 213 Å². The number of carbonyl (C=O) groups is 3. The number of pyridine rings is 1. The van der Waals surface area contributed by atoms with Crippen molar-refractivity contribution in [1.29, 1.82) is 0 Å². The van der Waals surface area contributed by atoms with E-state index in [0.29, 0.717) is 41.5 Å². The van der Waals surface area contributed by atoms with Crippen LogP contribution in [0.3, 0.4) is 0 Å². The van der Waals surface area contributed by atoms with Crippen LogP contribution in [-0.4, -0.2) is 65.8 Å². The topological polar surface area (TPSA) is 92.3 Å². The molecule has 2 aliphatic heterocycles. The standard InChI is InChI=1S/C27H25FN4O5/c1-30(2)25(33)16-31-15-22-21(26(31)34)4-3-5-23(22)32-11-10-24(27(32)35)37-20-12-19(13-29-14-20)36-18-8-6-17(28)7-9-18/h3-9,12-14,24H,10-11,15-16H2,1-2H3/t24-/m1/s1. The summed E-state index contributed by atoms with van der Waals surface area (Å²) in [4.78, 5) is 47.0. The first-order valence-corrected chi connectivity index (χ1v) is 11.8. The van der Waals surface area contributed by atoms with Gasteiger partial charge in [0.1, 0.15) is 29.6 Å². The van der Waals surface area contributed by atoms with E-state index in [9.17, 15) is 18.8 Å². The average molecular weight is 505 g/mol. The quantitative estimate of drug-likeness (QED) is 0.491. The summed E-state index contributed by atoms with van der Waals surface area (Å²) in [5.74, 6) is 0.198. The molecule has 1 atom stereocenters. The van der Waals surface area contributed by atoms with E-state index in [-0.39, 0.29) is 36.6 Å². The lowest BCUT2D eigenvalue weighted by molar-refractivity contribution is -0.129. The van der Waals surface area contributed by atoms with Crippen molar-refractivity contribution in [1.82, 2.24) is 14.8 Å². The monoisotopic (exact) mass is 504 g/mol. The molecule has 37 heavy (non-hydrogen) atoms. The number of likely N-dealkylation sites (N-methyl/N-ethyl adjacent to an activating group) is 1. The maximum absolute atomic E-state index is 13.3. The van der Waals surface area contributed by atoms with Crippen LogP contribution in [0.2, 0.25) is 0 Å². The van der Waals surface area contributed by atoms with Gasteiger partial charge in [-0.05, 0) is 36.4 Å². The summed E-state index contributed by atoms with van der Waals surface area (Å²) >= 11 is 0. The van der Waals surface area contributed by atoms with Gasteiger partial charge in [0.2, 0.25) is 5.91 Å². The third-order valence-corrected chi connectivity index (χ3v) is 6.31. The largest absolute Gasteiger partial charge is 0.479 e. The molecule has 3 aromatic rings. The second-order valence-corrected chi connectivity index (χ2v) is 9.05. The van der Waals surface area contributed by atoms with Crippen molar-refractivity contribution >= 4 is 23.4 Å². The maximum Gasteiger partial charge on any atom is 0.268 e. The summed E-state index contributed by atoms with van der Waals surface area (Å²) < 4.78 is 24.8. The number of anilines is 1. The van der Waals surface area contributed by atoms with Gasteiger partial charge in [-0.2, -0.15) is 0 Å². The van der Waals surface area contributed by atoms with Gasteiger partial charge >= 0.3 is 0 Å². The van der Waals surface area contributed by atoms with Crippen molar-refractivity contribution in [3.05, 3.63) is 77.9 Å². The summed E-state index contributed by atoms with van der Waals surface area (Å²) in [6.07, 6.45) is 2.70. The van der Waals surface area contributed by atoms with Crippen LogP contribution in [0.5, 0.6) is 17.2 Å². The van der Waals surface area contributed by atoms with Crippen molar-refractivity contribution in [2.75, 3.05) is 32.1 Å². The van der Waals surface area contributed by atoms with Gasteiger partial charge in [-0.3, -0.25) is 19.4 Å². The van der Waals surface area contributed by atoms with Crippen LogP contribution >= 0.6 is 0 Å². The Balaban J connectivity index is 1.29. The minimum absolute atomic E-state index is 0.0248. The molecule has 2 aliphatic rings. The molecular weight excluding hydrogens is 479 g/mol. The Bertz CT molecular complexity index is 1360. The van der Waals surface area contributed by atoms with Gasteiger partial charge in [-0.15, -0.1) is 0 Å². The first-order valence-electron chi connectivity index (χ1n) is 11.8. The zero-order valence-electron chi connectivity index (χ0n) is 20.4. The molecular formula is C27H25FN4O5. The molecule has 2 aromatic carbocycles. The molecule has 0 bridgehead atoms. The number of aromatic nitrogens is 1. The number of benzene rings is 2. The van der Waals surface area contributed by atoms with E-state index in [0.717, 1.165) is 5.56 Å². The molecule has 0 spiro atoms. The second kappa shape index (κ2) is 9.88. The zero-order valence-corrected chi connectivity index (χ0v) is 20.4. The highest BCUT2D eigenvalue weighted by molar-refractivity contribution is 6.05. The molecule has 9 nitrogen and oxygen atoms in total. The van der Waals surface area contributed by atoms with Crippen molar-refractivity contribution in [3.8, 4) is 17.2 Å². The van der Waals surface area contributed by atoms with Gasteiger partial charge in [0.25, 0.3) is 11.8 Å². The molecule has 0 saturated carbocycles. The highest BCUT2D eigenvalue weighted by Gasteiger charge is 2.38. The average Bonchev–Trinajstić information content (AvgIpc) is 3.40. The Kier molecular flexibility index (Phi) is 6.47. The molecule has 3 amide bonds. The first kappa shape index (κ1) is 24.2. The molecule has 0 unspecified atom stereocenters.